The summed E-state index contributed by atoms with van der Waals surface area (Å²) in [4.78, 5) is 14.5. The van der Waals surface area contributed by atoms with Crippen LogP contribution in [0.4, 0.5) is 0 Å². The minimum Gasteiger partial charge on any atom is -0.508 e. The first kappa shape index (κ1) is 13.8. The van der Waals surface area contributed by atoms with Gasteiger partial charge >= 0.3 is 0 Å². The number of Topliss-reactive ketones (excluding diaryl/α,β-unsaturated/α-hetero) is 1. The molecule has 1 N–H and O–H groups in total. The molecule has 0 aromatic heterocycles. The standard InChI is InChI=1S/C18H19NO2/c20-17-7-3-6-15(12-17)18(21)9-11-19-10-8-14-4-1-2-5-16(14)13-19/h1-7,12,20H,8-11,13H2. The van der Waals surface area contributed by atoms with Crippen molar-refractivity contribution in [2.45, 2.75) is 19.4 Å². The van der Waals surface area contributed by atoms with Gasteiger partial charge in [-0.15, -0.1) is 0 Å². The number of phenolic OH excluding ortho intramolecular Hbond substituents is 1. The third-order valence-corrected chi connectivity index (χ3v) is 4.03. The van der Waals surface area contributed by atoms with Crippen LogP contribution in [0.15, 0.2) is 48.5 Å². The van der Waals surface area contributed by atoms with E-state index in [9.17, 15) is 9.90 Å². The van der Waals surface area contributed by atoms with Gasteiger partial charge in [-0.1, -0.05) is 36.4 Å². The van der Waals surface area contributed by atoms with Crippen LogP contribution < -0.4 is 0 Å². The summed E-state index contributed by atoms with van der Waals surface area (Å²) in [5.41, 5.74) is 3.38. The minimum absolute atomic E-state index is 0.0877. The van der Waals surface area contributed by atoms with Crippen LogP contribution >= 0.6 is 0 Å². The van der Waals surface area contributed by atoms with Crippen molar-refractivity contribution in [3.05, 3.63) is 65.2 Å². The van der Waals surface area contributed by atoms with E-state index < -0.39 is 0 Å². The van der Waals surface area contributed by atoms with E-state index in [0.717, 1.165) is 26.1 Å². The predicted molar refractivity (Wildman–Crippen MR) is 82.5 cm³/mol. The summed E-state index contributed by atoms with van der Waals surface area (Å²) < 4.78 is 0. The highest BCUT2D eigenvalue weighted by Crippen LogP contribution is 2.19. The number of aromatic hydroxyl groups is 1. The molecular formula is C18H19NO2. The average Bonchev–Trinajstić information content (AvgIpc) is 2.52. The first-order chi connectivity index (χ1) is 10.2. The van der Waals surface area contributed by atoms with E-state index in [4.69, 9.17) is 0 Å². The molecule has 1 heterocycles. The molecule has 2 aromatic rings. The maximum atomic E-state index is 12.1. The number of carbonyl (C=O) groups excluding carboxylic acids is 1. The molecule has 0 radical (unpaired) electrons. The molecule has 0 atom stereocenters. The first-order valence-electron chi connectivity index (χ1n) is 7.34. The molecular weight excluding hydrogens is 262 g/mol. The number of benzene rings is 2. The summed E-state index contributed by atoms with van der Waals surface area (Å²) in [7, 11) is 0. The number of ketones is 1. The number of hydrogen-bond donors (Lipinski definition) is 1. The molecule has 1 aliphatic rings. The van der Waals surface area contributed by atoms with Gasteiger partial charge in [0.15, 0.2) is 5.78 Å². The lowest BCUT2D eigenvalue weighted by molar-refractivity contribution is 0.0960. The van der Waals surface area contributed by atoms with Crippen molar-refractivity contribution in [3.8, 4) is 5.75 Å². The van der Waals surface area contributed by atoms with Gasteiger partial charge < -0.3 is 5.11 Å². The summed E-state index contributed by atoms with van der Waals surface area (Å²) >= 11 is 0. The second-order valence-electron chi connectivity index (χ2n) is 5.52. The molecule has 0 saturated carbocycles. The van der Waals surface area contributed by atoms with E-state index in [2.05, 4.69) is 29.2 Å². The third-order valence-electron chi connectivity index (χ3n) is 4.03. The van der Waals surface area contributed by atoms with Crippen molar-refractivity contribution < 1.29 is 9.90 Å². The lowest BCUT2D eigenvalue weighted by Crippen LogP contribution is -2.32. The average molecular weight is 281 g/mol. The topological polar surface area (TPSA) is 40.5 Å². The van der Waals surface area contributed by atoms with Crippen LogP contribution in [0.2, 0.25) is 0 Å². The number of nitrogens with zero attached hydrogens (tertiary/aromatic N) is 1. The summed E-state index contributed by atoms with van der Waals surface area (Å²) in [6.45, 7) is 2.69. The van der Waals surface area contributed by atoms with Crippen molar-refractivity contribution >= 4 is 5.78 Å². The molecule has 0 aliphatic carbocycles. The molecule has 3 heteroatoms. The van der Waals surface area contributed by atoms with E-state index in [0.29, 0.717) is 12.0 Å². The van der Waals surface area contributed by atoms with Crippen LogP contribution in [0.1, 0.15) is 27.9 Å². The number of rotatable bonds is 4. The van der Waals surface area contributed by atoms with Crippen LogP contribution in [0, 0.1) is 0 Å². The third kappa shape index (κ3) is 3.31. The minimum atomic E-state index is 0.0877. The fourth-order valence-electron chi connectivity index (χ4n) is 2.83. The highest BCUT2D eigenvalue weighted by molar-refractivity contribution is 5.96. The summed E-state index contributed by atoms with van der Waals surface area (Å²) in [6.07, 6.45) is 1.54. The summed E-state index contributed by atoms with van der Waals surface area (Å²) in [5, 5.41) is 9.43. The van der Waals surface area contributed by atoms with Gasteiger partial charge in [-0.25, -0.2) is 0 Å². The molecule has 0 amide bonds. The quantitative estimate of drug-likeness (QED) is 0.876. The number of hydrogen-bond acceptors (Lipinski definition) is 3. The number of phenols is 1. The van der Waals surface area contributed by atoms with Crippen molar-refractivity contribution in [3.63, 3.8) is 0 Å². The number of carbonyl (C=O) groups is 1. The molecule has 21 heavy (non-hydrogen) atoms. The second kappa shape index (κ2) is 6.10. The molecule has 3 nitrogen and oxygen atoms in total. The van der Waals surface area contributed by atoms with Gasteiger partial charge in [-0.3, -0.25) is 9.69 Å². The van der Waals surface area contributed by atoms with Crippen molar-refractivity contribution in [2.75, 3.05) is 13.1 Å². The SMILES string of the molecule is O=C(CCN1CCc2ccccc2C1)c1cccc(O)c1. The molecule has 0 bridgehead atoms. The maximum Gasteiger partial charge on any atom is 0.164 e. The van der Waals surface area contributed by atoms with Gasteiger partial charge in [0.2, 0.25) is 0 Å². The van der Waals surface area contributed by atoms with E-state index >= 15 is 0 Å². The fourth-order valence-corrected chi connectivity index (χ4v) is 2.83. The lowest BCUT2D eigenvalue weighted by Gasteiger charge is -2.28. The van der Waals surface area contributed by atoms with E-state index in [-0.39, 0.29) is 11.5 Å². The summed E-state index contributed by atoms with van der Waals surface area (Å²) in [5.74, 6) is 0.234. The molecule has 2 aromatic carbocycles. The zero-order chi connectivity index (χ0) is 14.7. The fraction of sp³-hybridized carbons (Fsp3) is 0.278. The molecule has 1 aliphatic heterocycles. The first-order valence-corrected chi connectivity index (χ1v) is 7.34. The molecule has 0 fully saturated rings. The zero-order valence-electron chi connectivity index (χ0n) is 12.0. The van der Waals surface area contributed by atoms with Crippen molar-refractivity contribution in [2.24, 2.45) is 0 Å². The Bertz CT molecular complexity index is 651. The molecule has 0 saturated heterocycles. The van der Waals surface area contributed by atoms with Gasteiger partial charge in [0.25, 0.3) is 0 Å². The van der Waals surface area contributed by atoms with E-state index in [1.165, 1.54) is 17.2 Å². The van der Waals surface area contributed by atoms with Crippen LogP contribution in [-0.4, -0.2) is 28.9 Å². The second-order valence-corrected chi connectivity index (χ2v) is 5.52. The number of fused-ring (bicyclic) bond motifs is 1. The monoisotopic (exact) mass is 281 g/mol. The lowest BCUT2D eigenvalue weighted by atomic mass is 9.99. The summed E-state index contributed by atoms with van der Waals surface area (Å²) in [6, 6.07) is 15.1. The highest BCUT2D eigenvalue weighted by Gasteiger charge is 2.16. The Labute approximate surface area is 124 Å². The van der Waals surface area contributed by atoms with Gasteiger partial charge in [0.05, 0.1) is 0 Å². The largest absolute Gasteiger partial charge is 0.508 e. The molecule has 108 valence electrons. The van der Waals surface area contributed by atoms with Gasteiger partial charge in [-0.05, 0) is 29.7 Å². The van der Waals surface area contributed by atoms with Crippen molar-refractivity contribution in [1.29, 1.82) is 0 Å². The maximum absolute atomic E-state index is 12.1. The Balaban J connectivity index is 1.58. The van der Waals surface area contributed by atoms with Crippen molar-refractivity contribution in [1.82, 2.24) is 4.90 Å². The van der Waals surface area contributed by atoms with Gasteiger partial charge in [0.1, 0.15) is 5.75 Å². The molecule has 0 unspecified atom stereocenters. The Hall–Kier alpha value is -2.13. The van der Waals surface area contributed by atoms with Crippen LogP contribution in [-0.2, 0) is 13.0 Å². The Kier molecular flexibility index (Phi) is 4.02. The van der Waals surface area contributed by atoms with Crippen LogP contribution in [0.5, 0.6) is 5.75 Å². The Morgan fingerprint density at radius 2 is 1.90 bits per heavy atom. The Morgan fingerprint density at radius 3 is 2.71 bits per heavy atom. The predicted octanol–water partition coefficient (Wildman–Crippen LogP) is 3.02. The van der Waals surface area contributed by atoms with E-state index in [1.54, 1.807) is 18.2 Å². The van der Waals surface area contributed by atoms with Gasteiger partial charge in [0, 0.05) is 31.6 Å². The Morgan fingerprint density at radius 1 is 1.10 bits per heavy atom. The van der Waals surface area contributed by atoms with Crippen LogP contribution in [0.3, 0.4) is 0 Å². The highest BCUT2D eigenvalue weighted by atomic mass is 16.3. The zero-order valence-corrected chi connectivity index (χ0v) is 12.0. The normalized spacial score (nSPS) is 14.7. The van der Waals surface area contributed by atoms with Gasteiger partial charge in [-0.2, -0.15) is 0 Å². The molecule has 0 spiro atoms. The smallest absolute Gasteiger partial charge is 0.164 e. The molecule has 3 rings (SSSR count). The van der Waals surface area contributed by atoms with E-state index in [1.807, 2.05) is 0 Å². The van der Waals surface area contributed by atoms with Crippen LogP contribution in [0.25, 0.3) is 0 Å².